The minimum absolute atomic E-state index is 0.120. The van der Waals surface area contributed by atoms with Gasteiger partial charge in [0.1, 0.15) is 0 Å². The van der Waals surface area contributed by atoms with Crippen molar-refractivity contribution >= 4 is 11.7 Å². The van der Waals surface area contributed by atoms with Crippen LogP contribution < -0.4 is 5.32 Å². The average Bonchev–Trinajstić information content (AvgIpc) is 3.00. The molecule has 0 aromatic heterocycles. The van der Waals surface area contributed by atoms with Crippen molar-refractivity contribution < 1.29 is 14.7 Å². The number of allylic oxidation sites excluding steroid dienone is 2. The number of carbonyl (C=O) groups is 2. The number of hydrogen-bond donors (Lipinski definition) is 2. The van der Waals surface area contributed by atoms with E-state index >= 15 is 0 Å². The standard InChI is InChI=1S/C27H32N2O3/c1-18(2)17-28-26(31)25-20(5)29(19(3)4)27(32,22-14-10-7-11-15-22)23(25)16-24(30)21-12-8-6-9-13-21/h6-16,18-19,32H,17H2,1-5H3,(H,28,31)/b23-16+. The molecule has 1 aliphatic rings. The van der Waals surface area contributed by atoms with E-state index in [4.69, 9.17) is 0 Å². The van der Waals surface area contributed by atoms with E-state index in [2.05, 4.69) is 5.32 Å². The normalized spacial score (nSPS) is 19.9. The highest BCUT2D eigenvalue weighted by Gasteiger charge is 2.51. The summed E-state index contributed by atoms with van der Waals surface area (Å²) in [6.07, 6.45) is 1.42. The number of rotatable bonds is 7. The van der Waals surface area contributed by atoms with Gasteiger partial charge in [-0.25, -0.2) is 0 Å². The third-order valence-electron chi connectivity index (χ3n) is 5.64. The number of carbonyl (C=O) groups excluding carboxylic acids is 2. The molecule has 1 atom stereocenters. The highest BCUT2D eigenvalue weighted by Crippen LogP contribution is 2.48. The molecule has 0 fully saturated rings. The van der Waals surface area contributed by atoms with Gasteiger partial charge in [-0.3, -0.25) is 9.59 Å². The molecule has 0 radical (unpaired) electrons. The summed E-state index contributed by atoms with van der Waals surface area (Å²) in [5, 5.41) is 15.2. The van der Waals surface area contributed by atoms with E-state index in [0.29, 0.717) is 34.5 Å². The predicted molar refractivity (Wildman–Crippen MR) is 127 cm³/mol. The molecule has 2 N–H and O–H groups in total. The van der Waals surface area contributed by atoms with Crippen molar-refractivity contribution in [2.24, 2.45) is 5.92 Å². The Hall–Kier alpha value is -3.18. The average molecular weight is 433 g/mol. The zero-order valence-corrected chi connectivity index (χ0v) is 19.4. The molecule has 0 spiro atoms. The predicted octanol–water partition coefficient (Wildman–Crippen LogP) is 4.41. The van der Waals surface area contributed by atoms with Crippen LogP contribution >= 0.6 is 0 Å². The Labute approximate surface area is 190 Å². The van der Waals surface area contributed by atoms with Gasteiger partial charge in [0.2, 0.25) is 0 Å². The number of aliphatic hydroxyl groups is 1. The molecule has 1 heterocycles. The Morgan fingerprint density at radius 1 is 1.00 bits per heavy atom. The van der Waals surface area contributed by atoms with Gasteiger partial charge in [0.25, 0.3) is 5.91 Å². The van der Waals surface area contributed by atoms with Crippen molar-refractivity contribution in [1.29, 1.82) is 0 Å². The molecule has 1 aliphatic heterocycles. The van der Waals surface area contributed by atoms with Crippen molar-refractivity contribution in [3.05, 3.63) is 94.7 Å². The Morgan fingerprint density at radius 3 is 2.09 bits per heavy atom. The molecule has 0 saturated heterocycles. The Morgan fingerprint density at radius 2 is 1.56 bits per heavy atom. The van der Waals surface area contributed by atoms with E-state index in [1.54, 1.807) is 24.3 Å². The van der Waals surface area contributed by atoms with Crippen molar-refractivity contribution in [2.45, 2.75) is 46.4 Å². The SMILES string of the molecule is CC1=C(C(=O)NCC(C)C)/C(=C\C(=O)c2ccccc2)C(O)(c2ccccc2)N1C(C)C. The van der Waals surface area contributed by atoms with Crippen molar-refractivity contribution in [3.63, 3.8) is 0 Å². The zero-order chi connectivity index (χ0) is 23.5. The fraction of sp³-hybridized carbons (Fsp3) is 0.333. The first-order chi connectivity index (χ1) is 15.2. The maximum Gasteiger partial charge on any atom is 0.253 e. The van der Waals surface area contributed by atoms with Crippen LogP contribution in [0.2, 0.25) is 0 Å². The van der Waals surface area contributed by atoms with Gasteiger partial charge >= 0.3 is 0 Å². The first-order valence-electron chi connectivity index (χ1n) is 11.1. The van der Waals surface area contributed by atoms with E-state index < -0.39 is 5.72 Å². The number of benzene rings is 2. The molecule has 0 aliphatic carbocycles. The number of nitrogens with zero attached hydrogens (tertiary/aromatic N) is 1. The third kappa shape index (κ3) is 4.39. The molecule has 5 heteroatoms. The van der Waals surface area contributed by atoms with Crippen LogP contribution in [0, 0.1) is 5.92 Å². The molecule has 5 nitrogen and oxygen atoms in total. The number of nitrogens with one attached hydrogen (secondary N) is 1. The van der Waals surface area contributed by atoms with Crippen LogP contribution in [-0.4, -0.2) is 34.3 Å². The minimum atomic E-state index is -1.64. The largest absolute Gasteiger partial charge is 0.363 e. The molecule has 168 valence electrons. The molecular formula is C27H32N2O3. The van der Waals surface area contributed by atoms with Gasteiger partial charge in [0.15, 0.2) is 11.5 Å². The molecule has 0 bridgehead atoms. The van der Waals surface area contributed by atoms with Gasteiger partial charge in [0, 0.05) is 35.0 Å². The third-order valence-corrected chi connectivity index (χ3v) is 5.64. The van der Waals surface area contributed by atoms with Crippen LogP contribution in [0.4, 0.5) is 0 Å². The van der Waals surface area contributed by atoms with Gasteiger partial charge < -0.3 is 15.3 Å². The topological polar surface area (TPSA) is 69.6 Å². The van der Waals surface area contributed by atoms with Crippen LogP contribution in [0.25, 0.3) is 0 Å². The summed E-state index contributed by atoms with van der Waals surface area (Å²) in [7, 11) is 0. The van der Waals surface area contributed by atoms with Crippen LogP contribution in [0.1, 0.15) is 50.5 Å². The quantitative estimate of drug-likeness (QED) is 0.502. The summed E-state index contributed by atoms with van der Waals surface area (Å²) in [6.45, 7) is 10.3. The summed E-state index contributed by atoms with van der Waals surface area (Å²) in [5.74, 6) is -0.280. The van der Waals surface area contributed by atoms with E-state index in [0.717, 1.165) is 0 Å². The lowest BCUT2D eigenvalue weighted by Crippen LogP contribution is -2.46. The molecule has 2 aromatic rings. The van der Waals surface area contributed by atoms with Crippen LogP contribution in [0.5, 0.6) is 0 Å². The second kappa shape index (κ2) is 9.53. The van der Waals surface area contributed by atoms with Gasteiger partial charge in [-0.15, -0.1) is 0 Å². The second-order valence-electron chi connectivity index (χ2n) is 8.85. The van der Waals surface area contributed by atoms with Crippen LogP contribution in [0.15, 0.2) is 83.6 Å². The van der Waals surface area contributed by atoms with Crippen LogP contribution in [-0.2, 0) is 10.5 Å². The first kappa shape index (κ1) is 23.5. The Balaban J connectivity index is 2.22. The molecule has 2 aromatic carbocycles. The number of ketones is 1. The smallest absolute Gasteiger partial charge is 0.253 e. The second-order valence-corrected chi connectivity index (χ2v) is 8.85. The van der Waals surface area contributed by atoms with Gasteiger partial charge in [-0.1, -0.05) is 74.5 Å². The maximum atomic E-state index is 13.3. The minimum Gasteiger partial charge on any atom is -0.363 e. The molecular weight excluding hydrogens is 400 g/mol. The molecule has 32 heavy (non-hydrogen) atoms. The molecule has 3 rings (SSSR count). The summed E-state index contributed by atoms with van der Waals surface area (Å²) in [4.78, 5) is 28.3. The van der Waals surface area contributed by atoms with Crippen molar-refractivity contribution in [2.75, 3.05) is 6.54 Å². The summed E-state index contributed by atoms with van der Waals surface area (Å²) >= 11 is 0. The summed E-state index contributed by atoms with van der Waals surface area (Å²) < 4.78 is 0. The lowest BCUT2D eigenvalue weighted by molar-refractivity contribution is -0.117. The summed E-state index contributed by atoms with van der Waals surface area (Å²) in [5.41, 5.74) is 0.735. The number of hydrogen-bond acceptors (Lipinski definition) is 4. The van der Waals surface area contributed by atoms with E-state index in [1.165, 1.54) is 6.08 Å². The summed E-state index contributed by atoms with van der Waals surface area (Å²) in [6, 6.07) is 18.0. The van der Waals surface area contributed by atoms with Gasteiger partial charge in [-0.2, -0.15) is 0 Å². The fourth-order valence-corrected chi connectivity index (χ4v) is 4.25. The molecule has 1 unspecified atom stereocenters. The monoisotopic (exact) mass is 432 g/mol. The first-order valence-corrected chi connectivity index (χ1v) is 11.1. The van der Waals surface area contributed by atoms with Gasteiger partial charge in [0.05, 0.1) is 5.57 Å². The van der Waals surface area contributed by atoms with Crippen LogP contribution in [0.3, 0.4) is 0 Å². The molecule has 0 saturated carbocycles. The van der Waals surface area contributed by atoms with E-state index in [-0.39, 0.29) is 23.7 Å². The van der Waals surface area contributed by atoms with Gasteiger partial charge in [-0.05, 0) is 32.8 Å². The van der Waals surface area contributed by atoms with Crippen molar-refractivity contribution in [3.8, 4) is 0 Å². The maximum absolute atomic E-state index is 13.3. The van der Waals surface area contributed by atoms with Crippen molar-refractivity contribution in [1.82, 2.24) is 10.2 Å². The van der Waals surface area contributed by atoms with E-state index in [1.807, 2.05) is 75.9 Å². The lowest BCUT2D eigenvalue weighted by Gasteiger charge is -2.40. The molecule has 1 amide bonds. The zero-order valence-electron chi connectivity index (χ0n) is 19.4. The fourth-order valence-electron chi connectivity index (χ4n) is 4.25. The Kier molecular flexibility index (Phi) is 6.99. The highest BCUT2D eigenvalue weighted by molar-refractivity contribution is 6.08. The highest BCUT2D eigenvalue weighted by atomic mass is 16.3. The van der Waals surface area contributed by atoms with E-state index in [9.17, 15) is 14.7 Å². The Bertz CT molecular complexity index is 1040. The lowest BCUT2D eigenvalue weighted by atomic mass is 9.89. The number of amides is 1.